The third kappa shape index (κ3) is 3.28. The number of phenolic OH excluding ortho intramolecular Hbond substituents is 1. The van der Waals surface area contributed by atoms with E-state index in [0.29, 0.717) is 12.4 Å². The van der Waals surface area contributed by atoms with Gasteiger partial charge < -0.3 is 15.6 Å². The van der Waals surface area contributed by atoms with E-state index in [1.807, 2.05) is 19.1 Å². The number of benzene rings is 1. The lowest BCUT2D eigenvalue weighted by Gasteiger charge is -2.13. The van der Waals surface area contributed by atoms with Gasteiger partial charge in [-0.1, -0.05) is 12.1 Å². The first-order chi connectivity index (χ1) is 7.69. The van der Waals surface area contributed by atoms with Gasteiger partial charge in [-0.2, -0.15) is 0 Å². The Labute approximate surface area is 96.5 Å². The summed E-state index contributed by atoms with van der Waals surface area (Å²) in [6.07, 6.45) is 3.58. The Balaban J connectivity index is 2.80. The van der Waals surface area contributed by atoms with Crippen LogP contribution in [0.3, 0.4) is 0 Å². The fourth-order valence-electron chi connectivity index (χ4n) is 1.50. The van der Waals surface area contributed by atoms with Gasteiger partial charge in [0.1, 0.15) is 0 Å². The average molecular weight is 221 g/mol. The second-order valence-corrected chi connectivity index (χ2v) is 3.63. The molecule has 0 unspecified atom stereocenters. The highest BCUT2D eigenvalue weighted by Gasteiger charge is 2.09. The molecule has 3 heteroatoms. The van der Waals surface area contributed by atoms with Crippen LogP contribution in [-0.2, 0) is 0 Å². The van der Waals surface area contributed by atoms with Gasteiger partial charge in [-0.05, 0) is 37.5 Å². The Bertz CT molecular complexity index is 350. The van der Waals surface area contributed by atoms with Crippen LogP contribution in [0.15, 0.2) is 30.9 Å². The van der Waals surface area contributed by atoms with E-state index in [1.165, 1.54) is 0 Å². The van der Waals surface area contributed by atoms with Crippen molar-refractivity contribution in [3.8, 4) is 11.5 Å². The van der Waals surface area contributed by atoms with Crippen LogP contribution < -0.4 is 10.5 Å². The zero-order valence-corrected chi connectivity index (χ0v) is 9.65. The minimum Gasteiger partial charge on any atom is -0.504 e. The van der Waals surface area contributed by atoms with Gasteiger partial charge >= 0.3 is 0 Å². The minimum atomic E-state index is -0.0437. The fourth-order valence-corrected chi connectivity index (χ4v) is 1.50. The van der Waals surface area contributed by atoms with Crippen LogP contribution in [0, 0.1) is 0 Å². The van der Waals surface area contributed by atoms with Gasteiger partial charge in [-0.3, -0.25) is 0 Å². The first kappa shape index (κ1) is 12.6. The van der Waals surface area contributed by atoms with Crippen LogP contribution in [0.25, 0.3) is 0 Å². The van der Waals surface area contributed by atoms with E-state index >= 15 is 0 Å². The molecule has 0 fully saturated rings. The molecule has 3 N–H and O–H groups in total. The van der Waals surface area contributed by atoms with Crippen molar-refractivity contribution in [3.63, 3.8) is 0 Å². The topological polar surface area (TPSA) is 55.5 Å². The van der Waals surface area contributed by atoms with Crippen LogP contribution in [0.2, 0.25) is 0 Å². The lowest BCUT2D eigenvalue weighted by atomic mass is 10.0. The molecule has 1 atom stereocenters. The minimum absolute atomic E-state index is 0.0437. The molecule has 1 rings (SSSR count). The number of phenols is 1. The van der Waals surface area contributed by atoms with E-state index in [4.69, 9.17) is 10.5 Å². The van der Waals surface area contributed by atoms with Crippen LogP contribution in [0.4, 0.5) is 0 Å². The molecule has 0 heterocycles. The third-order valence-corrected chi connectivity index (χ3v) is 2.39. The number of hydrogen-bond donors (Lipinski definition) is 2. The van der Waals surface area contributed by atoms with Crippen molar-refractivity contribution in [2.24, 2.45) is 5.73 Å². The highest BCUT2D eigenvalue weighted by molar-refractivity contribution is 5.42. The van der Waals surface area contributed by atoms with Crippen molar-refractivity contribution >= 4 is 0 Å². The molecule has 0 spiro atoms. The van der Waals surface area contributed by atoms with Crippen LogP contribution in [-0.4, -0.2) is 11.7 Å². The quantitative estimate of drug-likeness (QED) is 0.726. The van der Waals surface area contributed by atoms with Crippen molar-refractivity contribution in [1.29, 1.82) is 0 Å². The molecule has 0 bridgehead atoms. The number of hydrogen-bond acceptors (Lipinski definition) is 3. The van der Waals surface area contributed by atoms with Gasteiger partial charge in [-0.25, -0.2) is 0 Å². The lowest BCUT2D eigenvalue weighted by Crippen LogP contribution is -2.09. The summed E-state index contributed by atoms with van der Waals surface area (Å²) < 4.78 is 5.31. The van der Waals surface area contributed by atoms with Crippen molar-refractivity contribution in [1.82, 2.24) is 0 Å². The standard InChI is InChI=1S/C13H19NO2/c1-3-5-6-11(14)10-7-8-12(15)13(9-10)16-4-2/h3,7-9,11,15H,1,4-6,14H2,2H3/t11-/m0/s1. The number of aromatic hydroxyl groups is 1. The summed E-state index contributed by atoms with van der Waals surface area (Å²) in [7, 11) is 0. The predicted octanol–water partition coefficient (Wildman–Crippen LogP) is 2.76. The van der Waals surface area contributed by atoms with E-state index in [9.17, 15) is 5.11 Å². The highest BCUT2D eigenvalue weighted by atomic mass is 16.5. The number of ether oxygens (including phenoxy) is 1. The van der Waals surface area contributed by atoms with Gasteiger partial charge in [0.25, 0.3) is 0 Å². The van der Waals surface area contributed by atoms with Gasteiger partial charge in [0.05, 0.1) is 6.61 Å². The van der Waals surface area contributed by atoms with E-state index in [1.54, 1.807) is 12.1 Å². The van der Waals surface area contributed by atoms with Gasteiger partial charge in [0.2, 0.25) is 0 Å². The van der Waals surface area contributed by atoms with Crippen molar-refractivity contribution in [2.75, 3.05) is 6.61 Å². The van der Waals surface area contributed by atoms with Crippen molar-refractivity contribution in [2.45, 2.75) is 25.8 Å². The number of nitrogens with two attached hydrogens (primary N) is 1. The molecule has 0 radical (unpaired) electrons. The second-order valence-electron chi connectivity index (χ2n) is 3.63. The Morgan fingerprint density at radius 2 is 2.31 bits per heavy atom. The molecule has 88 valence electrons. The smallest absolute Gasteiger partial charge is 0.161 e. The van der Waals surface area contributed by atoms with E-state index in [-0.39, 0.29) is 11.8 Å². The van der Waals surface area contributed by atoms with Gasteiger partial charge in [0.15, 0.2) is 11.5 Å². The monoisotopic (exact) mass is 221 g/mol. The first-order valence-corrected chi connectivity index (χ1v) is 5.51. The lowest BCUT2D eigenvalue weighted by molar-refractivity contribution is 0.317. The van der Waals surface area contributed by atoms with Crippen LogP contribution in [0.5, 0.6) is 11.5 Å². The SMILES string of the molecule is C=CCC[C@H](N)c1ccc(O)c(OCC)c1. The molecule has 0 amide bonds. The largest absolute Gasteiger partial charge is 0.504 e. The molecule has 1 aromatic rings. The first-order valence-electron chi connectivity index (χ1n) is 5.51. The zero-order chi connectivity index (χ0) is 12.0. The maximum Gasteiger partial charge on any atom is 0.161 e. The second kappa shape index (κ2) is 6.18. The summed E-state index contributed by atoms with van der Waals surface area (Å²) in [6.45, 7) is 6.07. The van der Waals surface area contributed by atoms with Crippen LogP contribution in [0.1, 0.15) is 31.4 Å². The summed E-state index contributed by atoms with van der Waals surface area (Å²) >= 11 is 0. The molecule has 0 aromatic heterocycles. The zero-order valence-electron chi connectivity index (χ0n) is 9.65. The molecule has 1 aromatic carbocycles. The molecule has 0 aliphatic carbocycles. The van der Waals surface area contributed by atoms with E-state index in [0.717, 1.165) is 18.4 Å². The van der Waals surface area contributed by atoms with Gasteiger partial charge in [-0.15, -0.1) is 6.58 Å². The summed E-state index contributed by atoms with van der Waals surface area (Å²) in [5.41, 5.74) is 6.99. The Kier molecular flexibility index (Phi) is 4.86. The third-order valence-electron chi connectivity index (χ3n) is 2.39. The molecule has 0 saturated carbocycles. The molecular formula is C13H19NO2. The molecule has 0 saturated heterocycles. The summed E-state index contributed by atoms with van der Waals surface area (Å²) in [5.74, 6) is 0.649. The van der Waals surface area contributed by atoms with Gasteiger partial charge in [0, 0.05) is 6.04 Å². The average Bonchev–Trinajstić information content (AvgIpc) is 2.29. The predicted molar refractivity (Wildman–Crippen MR) is 65.6 cm³/mol. The van der Waals surface area contributed by atoms with Crippen molar-refractivity contribution in [3.05, 3.63) is 36.4 Å². The Hall–Kier alpha value is -1.48. The van der Waals surface area contributed by atoms with E-state index < -0.39 is 0 Å². The summed E-state index contributed by atoms with van der Waals surface area (Å²) in [6, 6.07) is 5.20. The molecule has 0 aliphatic heterocycles. The van der Waals surface area contributed by atoms with Crippen LogP contribution >= 0.6 is 0 Å². The van der Waals surface area contributed by atoms with Crippen molar-refractivity contribution < 1.29 is 9.84 Å². The summed E-state index contributed by atoms with van der Waals surface area (Å²) in [4.78, 5) is 0. The van der Waals surface area contributed by atoms with E-state index in [2.05, 4.69) is 6.58 Å². The number of allylic oxidation sites excluding steroid dienone is 1. The molecular weight excluding hydrogens is 202 g/mol. The highest BCUT2D eigenvalue weighted by Crippen LogP contribution is 2.29. The maximum atomic E-state index is 9.54. The summed E-state index contributed by atoms with van der Waals surface area (Å²) in [5, 5.41) is 9.54. The number of rotatable bonds is 6. The Morgan fingerprint density at radius 1 is 1.56 bits per heavy atom. The maximum absolute atomic E-state index is 9.54. The molecule has 16 heavy (non-hydrogen) atoms. The Morgan fingerprint density at radius 3 is 2.94 bits per heavy atom. The normalized spacial score (nSPS) is 12.1. The molecule has 3 nitrogen and oxygen atoms in total. The fraction of sp³-hybridized carbons (Fsp3) is 0.385. The molecule has 0 aliphatic rings.